The van der Waals surface area contributed by atoms with Crippen molar-refractivity contribution in [2.75, 3.05) is 0 Å². The van der Waals surface area contributed by atoms with Crippen molar-refractivity contribution in [3.8, 4) is 0 Å². The Balaban J connectivity index is 0.000000245. The van der Waals surface area contributed by atoms with Crippen LogP contribution >= 0.6 is 0 Å². The average molecular weight is 307 g/mol. The van der Waals surface area contributed by atoms with Gasteiger partial charge in [0.2, 0.25) is 0 Å². The minimum Gasteiger partial charge on any atom is -0.0805 e. The molecular formula is C14H20Sn. The second kappa shape index (κ2) is 9.02. The van der Waals surface area contributed by atoms with Gasteiger partial charge in [0.1, 0.15) is 0 Å². The second-order valence-electron chi connectivity index (χ2n) is 3.62. The van der Waals surface area contributed by atoms with E-state index in [0.717, 1.165) is 0 Å². The molecule has 4 radical (unpaired) electrons. The molecule has 0 N–H and O–H groups in total. The smallest absolute Gasteiger partial charge is 0 e. The maximum absolute atomic E-state index is 2.19. The molecule has 0 saturated carbocycles. The van der Waals surface area contributed by atoms with Crippen molar-refractivity contribution >= 4 is 23.9 Å². The van der Waals surface area contributed by atoms with Gasteiger partial charge >= 0.3 is 0 Å². The quantitative estimate of drug-likeness (QED) is 0.671. The van der Waals surface area contributed by atoms with Crippen LogP contribution in [0.2, 0.25) is 0 Å². The summed E-state index contributed by atoms with van der Waals surface area (Å²) in [6, 6.07) is 0. The van der Waals surface area contributed by atoms with Gasteiger partial charge in [-0.15, -0.1) is 0 Å². The van der Waals surface area contributed by atoms with Crippen molar-refractivity contribution < 1.29 is 0 Å². The summed E-state index contributed by atoms with van der Waals surface area (Å²) in [4.78, 5) is 0. The van der Waals surface area contributed by atoms with Crippen LogP contribution in [0.5, 0.6) is 0 Å². The molecule has 0 bridgehead atoms. The number of rotatable bonds is 2. The molecule has 2 aliphatic rings. The minimum atomic E-state index is 0. The van der Waals surface area contributed by atoms with Crippen LogP contribution in [-0.2, 0) is 0 Å². The third kappa shape index (κ3) is 6.03. The topological polar surface area (TPSA) is 0 Å². The first-order chi connectivity index (χ1) is 6.86. The normalized spacial score (nSPS) is 16.4. The van der Waals surface area contributed by atoms with E-state index in [0.29, 0.717) is 0 Å². The van der Waals surface area contributed by atoms with Gasteiger partial charge in [0.25, 0.3) is 0 Å². The van der Waals surface area contributed by atoms with E-state index in [2.05, 4.69) is 50.3 Å². The van der Waals surface area contributed by atoms with Crippen LogP contribution < -0.4 is 0 Å². The van der Waals surface area contributed by atoms with E-state index in [-0.39, 0.29) is 23.9 Å². The maximum Gasteiger partial charge on any atom is 0 e. The van der Waals surface area contributed by atoms with Crippen molar-refractivity contribution in [3.63, 3.8) is 0 Å². The largest absolute Gasteiger partial charge is 0.0805 e. The molecule has 0 aromatic rings. The molecule has 2 aliphatic carbocycles. The number of allylic oxidation sites excluding steroid dienone is 8. The Hall–Kier alpha value is -0.241. The summed E-state index contributed by atoms with van der Waals surface area (Å²) >= 11 is 0. The van der Waals surface area contributed by atoms with Crippen molar-refractivity contribution in [2.24, 2.45) is 0 Å². The van der Waals surface area contributed by atoms with E-state index in [9.17, 15) is 0 Å². The number of hydrogen-bond donors (Lipinski definition) is 0. The molecule has 1 heteroatoms. The second-order valence-corrected chi connectivity index (χ2v) is 3.62. The van der Waals surface area contributed by atoms with Crippen molar-refractivity contribution in [1.29, 1.82) is 0 Å². The fourth-order valence-corrected chi connectivity index (χ4v) is 1.51. The Kier molecular flexibility index (Phi) is 8.87. The molecule has 80 valence electrons. The van der Waals surface area contributed by atoms with E-state index in [1.807, 2.05) is 0 Å². The first kappa shape index (κ1) is 14.8. The van der Waals surface area contributed by atoms with Gasteiger partial charge in [-0.1, -0.05) is 61.4 Å². The molecule has 0 fully saturated rings. The van der Waals surface area contributed by atoms with Gasteiger partial charge in [-0.2, -0.15) is 0 Å². The van der Waals surface area contributed by atoms with Crippen molar-refractivity contribution in [3.05, 3.63) is 47.6 Å². The van der Waals surface area contributed by atoms with Crippen LogP contribution in [0.25, 0.3) is 0 Å². The zero-order valence-electron chi connectivity index (χ0n) is 9.79. The van der Waals surface area contributed by atoms with E-state index in [1.165, 1.54) is 25.7 Å². The number of hydrogen-bond acceptors (Lipinski definition) is 0. The predicted octanol–water partition coefficient (Wildman–Crippen LogP) is 4.18. The summed E-state index contributed by atoms with van der Waals surface area (Å²) < 4.78 is 0. The Labute approximate surface area is 111 Å². The van der Waals surface area contributed by atoms with Crippen LogP contribution in [0.1, 0.15) is 39.5 Å². The minimum absolute atomic E-state index is 0. The molecule has 0 heterocycles. The fourth-order valence-electron chi connectivity index (χ4n) is 1.51. The summed E-state index contributed by atoms with van der Waals surface area (Å²) in [6.45, 7) is 4.39. The zero-order valence-corrected chi connectivity index (χ0v) is 12.6. The van der Waals surface area contributed by atoms with Gasteiger partial charge in [-0.3, -0.25) is 0 Å². The van der Waals surface area contributed by atoms with Crippen LogP contribution in [0, 0.1) is 0 Å². The third-order valence-corrected chi connectivity index (χ3v) is 2.60. The van der Waals surface area contributed by atoms with E-state index in [4.69, 9.17) is 0 Å². The van der Waals surface area contributed by atoms with Gasteiger partial charge in [0.15, 0.2) is 0 Å². The summed E-state index contributed by atoms with van der Waals surface area (Å²) in [5.41, 5.74) is 3.11. The summed E-state index contributed by atoms with van der Waals surface area (Å²) in [7, 11) is 0. The van der Waals surface area contributed by atoms with Crippen molar-refractivity contribution in [2.45, 2.75) is 39.5 Å². The Morgan fingerprint density at radius 1 is 0.867 bits per heavy atom. The van der Waals surface area contributed by atoms with E-state index in [1.54, 1.807) is 11.1 Å². The molecule has 0 spiro atoms. The van der Waals surface area contributed by atoms with E-state index < -0.39 is 0 Å². The molecule has 0 nitrogen and oxygen atoms in total. The average Bonchev–Trinajstić information content (AvgIpc) is 2.92. The molecule has 0 unspecified atom stereocenters. The maximum atomic E-state index is 2.19. The molecule has 15 heavy (non-hydrogen) atoms. The van der Waals surface area contributed by atoms with Gasteiger partial charge in [0.05, 0.1) is 0 Å². The first-order valence-corrected chi connectivity index (χ1v) is 5.56. The summed E-state index contributed by atoms with van der Waals surface area (Å²) in [5.74, 6) is 0. The molecule has 0 aromatic carbocycles. The van der Waals surface area contributed by atoms with Crippen LogP contribution in [0.4, 0.5) is 0 Å². The predicted molar refractivity (Wildman–Crippen MR) is 70.0 cm³/mol. The standard InChI is InChI=1S/2C7H10.Sn/c2*1-2-7-5-3-4-6-7;/h2*3-5H,2,6H2,1H3;. The molecular weight excluding hydrogens is 287 g/mol. The van der Waals surface area contributed by atoms with Gasteiger partial charge in [0, 0.05) is 23.9 Å². The Morgan fingerprint density at radius 3 is 1.40 bits per heavy atom. The molecule has 2 rings (SSSR count). The van der Waals surface area contributed by atoms with Gasteiger partial charge in [-0.25, -0.2) is 0 Å². The molecule has 0 aromatic heterocycles. The fraction of sp³-hybridized carbons (Fsp3) is 0.429. The third-order valence-electron chi connectivity index (χ3n) is 2.60. The molecule has 0 saturated heterocycles. The van der Waals surface area contributed by atoms with Crippen LogP contribution in [0.3, 0.4) is 0 Å². The summed E-state index contributed by atoms with van der Waals surface area (Å²) in [5, 5.41) is 0. The Morgan fingerprint density at radius 2 is 1.27 bits per heavy atom. The summed E-state index contributed by atoms with van der Waals surface area (Å²) in [6.07, 6.45) is 17.8. The molecule has 0 aliphatic heterocycles. The van der Waals surface area contributed by atoms with Crippen molar-refractivity contribution in [1.82, 2.24) is 0 Å². The van der Waals surface area contributed by atoms with Crippen LogP contribution in [-0.4, -0.2) is 23.9 Å². The SMILES string of the molecule is CCC1=CC=CC1.CCC1=CC=CC1.[Sn]. The van der Waals surface area contributed by atoms with Crippen LogP contribution in [0.15, 0.2) is 47.6 Å². The molecule has 0 atom stereocenters. The van der Waals surface area contributed by atoms with Gasteiger partial charge in [-0.05, 0) is 25.7 Å². The monoisotopic (exact) mass is 308 g/mol. The van der Waals surface area contributed by atoms with Gasteiger partial charge < -0.3 is 0 Å². The zero-order chi connectivity index (χ0) is 10.2. The van der Waals surface area contributed by atoms with E-state index >= 15 is 0 Å². The molecule has 0 amide bonds. The Bertz CT molecular complexity index is 250. The first-order valence-electron chi connectivity index (χ1n) is 5.56.